The summed E-state index contributed by atoms with van der Waals surface area (Å²) < 4.78 is 34.6. The average molecular weight is 583 g/mol. The molecule has 0 radical (unpaired) electrons. The zero-order valence-corrected chi connectivity index (χ0v) is 24.5. The molecule has 0 aliphatic carbocycles. The van der Waals surface area contributed by atoms with Gasteiger partial charge in [0.15, 0.2) is 0 Å². The first-order chi connectivity index (χ1) is 18.8. The number of aryl methyl sites for hydroxylation is 1. The third-order valence-corrected chi connectivity index (χ3v) is 8.20. The molecule has 9 nitrogen and oxygen atoms in total. The molecule has 0 unspecified atom stereocenters. The average Bonchev–Trinajstić information content (AvgIpc) is 2.90. The van der Waals surface area contributed by atoms with Gasteiger partial charge in [0.05, 0.1) is 22.7 Å². The van der Waals surface area contributed by atoms with Crippen LogP contribution in [-0.2, 0) is 10.0 Å². The molecular weight excluding hydrogens is 548 g/mol. The molecule has 5 rings (SSSR count). The summed E-state index contributed by atoms with van der Waals surface area (Å²) in [5.41, 5.74) is 2.84. The van der Waals surface area contributed by atoms with E-state index >= 15 is 0 Å². The van der Waals surface area contributed by atoms with Crippen molar-refractivity contribution in [1.29, 1.82) is 0 Å². The normalized spacial score (nSPS) is 15.4. The lowest BCUT2D eigenvalue weighted by molar-refractivity contribution is 0.466. The van der Waals surface area contributed by atoms with E-state index in [-0.39, 0.29) is 30.1 Å². The van der Waals surface area contributed by atoms with Gasteiger partial charge >= 0.3 is 0 Å². The van der Waals surface area contributed by atoms with Gasteiger partial charge in [-0.05, 0) is 62.1 Å². The molecule has 0 bridgehead atoms. The number of nitrogens with zero attached hydrogens (tertiary/aromatic N) is 3. The number of piperidine rings is 1. The van der Waals surface area contributed by atoms with E-state index in [9.17, 15) is 8.42 Å². The Hall–Kier alpha value is -3.47. The Balaban J connectivity index is 0.00000370. The lowest BCUT2D eigenvalue weighted by atomic mass is 10.0. The highest BCUT2D eigenvalue weighted by atomic mass is 35.5. The van der Waals surface area contributed by atoms with Gasteiger partial charge in [0.2, 0.25) is 21.9 Å². The smallest absolute Gasteiger partial charge is 0.232 e. The number of hydrogen-bond donors (Lipinski definition) is 3. The quantitative estimate of drug-likeness (QED) is 0.227. The van der Waals surface area contributed by atoms with Crippen LogP contribution in [0.1, 0.15) is 32.3 Å². The van der Waals surface area contributed by atoms with Crippen LogP contribution in [-0.4, -0.2) is 48.3 Å². The number of aromatic nitrogens is 3. The maximum absolute atomic E-state index is 12.7. The second-order valence-electron chi connectivity index (χ2n) is 10.3. The first-order valence-corrected chi connectivity index (χ1v) is 14.9. The minimum absolute atomic E-state index is 0. The van der Waals surface area contributed by atoms with E-state index in [4.69, 9.17) is 9.72 Å². The molecule has 1 aliphatic rings. The number of sulfonamides is 1. The SMILES string of the molecule is Cc1ccc2c(NS(=O)(=O)CC(C)C)cccc2c1Oc1ncccc1-c1ccnc(N[C@H]2CCCNC2)n1.Cl. The van der Waals surface area contributed by atoms with Gasteiger partial charge in [0, 0.05) is 35.8 Å². The summed E-state index contributed by atoms with van der Waals surface area (Å²) >= 11 is 0. The molecule has 0 spiro atoms. The van der Waals surface area contributed by atoms with Crippen LogP contribution in [0.2, 0.25) is 0 Å². The maximum atomic E-state index is 12.7. The molecule has 1 saturated heterocycles. The van der Waals surface area contributed by atoms with Crippen LogP contribution in [0.15, 0.2) is 60.9 Å². The number of hydrogen-bond acceptors (Lipinski definition) is 8. The van der Waals surface area contributed by atoms with Crippen LogP contribution in [0.3, 0.4) is 0 Å². The van der Waals surface area contributed by atoms with Gasteiger partial charge in [0.1, 0.15) is 5.75 Å². The molecule has 4 aromatic rings. The Morgan fingerprint density at radius 2 is 1.90 bits per heavy atom. The van der Waals surface area contributed by atoms with Crippen molar-refractivity contribution in [3.8, 4) is 22.9 Å². The predicted molar refractivity (Wildman–Crippen MR) is 163 cm³/mol. The number of pyridine rings is 1. The molecule has 3 N–H and O–H groups in total. The standard InChI is InChI=1S/C29H34N6O3S.ClH/c1-19(2)18-39(36,37)35-26-10-4-8-23-22(26)12-11-20(3)27(23)38-28-24(9-6-15-31-28)25-13-16-32-29(34-25)33-21-7-5-14-30-17-21;/h4,6,8-13,15-16,19,21,30,35H,5,7,14,17-18H2,1-3H3,(H,32,33,34);1H/t21-;/m0./s1. The molecule has 2 aromatic heterocycles. The van der Waals surface area contributed by atoms with Crippen LogP contribution in [0.4, 0.5) is 11.6 Å². The van der Waals surface area contributed by atoms with E-state index in [0.29, 0.717) is 29.0 Å². The Labute approximate surface area is 241 Å². The minimum Gasteiger partial charge on any atom is -0.437 e. The van der Waals surface area contributed by atoms with Crippen molar-refractivity contribution in [3.05, 3.63) is 66.5 Å². The second kappa shape index (κ2) is 12.8. The Kier molecular flexibility index (Phi) is 9.44. The molecular formula is C29H35ClN6O3S. The number of fused-ring (bicyclic) bond motifs is 1. The van der Waals surface area contributed by atoms with Crippen molar-refractivity contribution in [2.24, 2.45) is 5.92 Å². The topological polar surface area (TPSA) is 118 Å². The van der Waals surface area contributed by atoms with Crippen molar-refractivity contribution in [3.63, 3.8) is 0 Å². The molecule has 1 atom stereocenters. The zero-order valence-electron chi connectivity index (χ0n) is 22.8. The Morgan fingerprint density at radius 3 is 2.67 bits per heavy atom. The van der Waals surface area contributed by atoms with Gasteiger partial charge in [0.25, 0.3) is 0 Å². The number of anilines is 2. The van der Waals surface area contributed by atoms with E-state index in [1.54, 1.807) is 18.5 Å². The van der Waals surface area contributed by atoms with Crippen molar-refractivity contribution in [1.82, 2.24) is 20.3 Å². The van der Waals surface area contributed by atoms with E-state index in [0.717, 1.165) is 47.8 Å². The summed E-state index contributed by atoms with van der Waals surface area (Å²) in [6.45, 7) is 7.63. The van der Waals surface area contributed by atoms with Gasteiger partial charge in [-0.15, -0.1) is 12.4 Å². The number of ether oxygens (including phenoxy) is 1. The largest absolute Gasteiger partial charge is 0.437 e. The van der Waals surface area contributed by atoms with Gasteiger partial charge in [-0.25, -0.2) is 23.4 Å². The number of benzene rings is 2. The first kappa shape index (κ1) is 29.5. The van der Waals surface area contributed by atoms with Crippen LogP contribution < -0.4 is 20.1 Å². The predicted octanol–water partition coefficient (Wildman–Crippen LogP) is 5.78. The summed E-state index contributed by atoms with van der Waals surface area (Å²) in [5.74, 6) is 1.64. The van der Waals surface area contributed by atoms with Gasteiger partial charge in [-0.3, -0.25) is 4.72 Å². The van der Waals surface area contributed by atoms with E-state index in [1.165, 1.54) is 0 Å². The minimum atomic E-state index is -3.49. The van der Waals surface area contributed by atoms with E-state index in [2.05, 4.69) is 25.3 Å². The fourth-order valence-corrected chi connectivity index (χ4v) is 6.29. The second-order valence-corrected chi connectivity index (χ2v) is 12.1. The number of rotatable bonds is 9. The van der Waals surface area contributed by atoms with E-state index in [1.807, 2.05) is 63.2 Å². The van der Waals surface area contributed by atoms with Crippen molar-refractivity contribution >= 4 is 44.8 Å². The van der Waals surface area contributed by atoms with Crippen LogP contribution in [0.5, 0.6) is 11.6 Å². The number of nitrogens with one attached hydrogen (secondary N) is 3. The van der Waals surface area contributed by atoms with Crippen molar-refractivity contribution in [2.75, 3.05) is 28.9 Å². The third kappa shape index (κ3) is 6.99. The van der Waals surface area contributed by atoms with Crippen molar-refractivity contribution < 1.29 is 13.2 Å². The summed E-state index contributed by atoms with van der Waals surface area (Å²) in [6, 6.07) is 15.2. The van der Waals surface area contributed by atoms with Crippen molar-refractivity contribution in [2.45, 2.75) is 39.7 Å². The molecule has 3 heterocycles. The highest BCUT2D eigenvalue weighted by molar-refractivity contribution is 7.92. The molecule has 2 aromatic carbocycles. The summed E-state index contributed by atoms with van der Waals surface area (Å²) in [4.78, 5) is 13.7. The fourth-order valence-electron chi connectivity index (χ4n) is 4.81. The van der Waals surface area contributed by atoms with Gasteiger partial charge < -0.3 is 15.4 Å². The zero-order chi connectivity index (χ0) is 27.4. The molecule has 11 heteroatoms. The monoisotopic (exact) mass is 582 g/mol. The summed E-state index contributed by atoms with van der Waals surface area (Å²) in [7, 11) is -3.49. The lowest BCUT2D eigenvalue weighted by Crippen LogP contribution is -2.38. The summed E-state index contributed by atoms with van der Waals surface area (Å²) in [5, 5.41) is 8.36. The highest BCUT2D eigenvalue weighted by Gasteiger charge is 2.19. The fraction of sp³-hybridized carbons (Fsp3) is 0.345. The Morgan fingerprint density at radius 1 is 1.05 bits per heavy atom. The first-order valence-electron chi connectivity index (χ1n) is 13.3. The molecule has 40 heavy (non-hydrogen) atoms. The van der Waals surface area contributed by atoms with Gasteiger partial charge in [-0.2, -0.15) is 0 Å². The highest BCUT2D eigenvalue weighted by Crippen LogP contribution is 2.38. The molecule has 1 aliphatic heterocycles. The van der Waals surface area contributed by atoms with Crippen LogP contribution in [0, 0.1) is 12.8 Å². The molecule has 0 saturated carbocycles. The third-order valence-electron chi connectivity index (χ3n) is 6.56. The molecule has 212 valence electrons. The summed E-state index contributed by atoms with van der Waals surface area (Å²) in [6.07, 6.45) is 5.59. The Bertz CT molecular complexity index is 1580. The van der Waals surface area contributed by atoms with Crippen LogP contribution in [0.25, 0.3) is 22.0 Å². The lowest BCUT2D eigenvalue weighted by Gasteiger charge is -2.23. The molecule has 1 fully saturated rings. The van der Waals surface area contributed by atoms with E-state index < -0.39 is 10.0 Å². The number of halogens is 1. The maximum Gasteiger partial charge on any atom is 0.232 e. The van der Waals surface area contributed by atoms with Gasteiger partial charge in [-0.1, -0.05) is 38.1 Å². The van der Waals surface area contributed by atoms with Crippen LogP contribution >= 0.6 is 12.4 Å². The molecule has 0 amide bonds.